The molecule has 0 bridgehead atoms. The Kier molecular flexibility index (Phi) is 5.76. The summed E-state index contributed by atoms with van der Waals surface area (Å²) in [6, 6.07) is 12.9. The molecule has 0 fully saturated rings. The van der Waals surface area contributed by atoms with Gasteiger partial charge in [-0.2, -0.15) is 5.10 Å². The van der Waals surface area contributed by atoms with E-state index in [0.29, 0.717) is 11.3 Å². The number of benzene rings is 2. The highest BCUT2D eigenvalue weighted by Gasteiger charge is 2.05. The zero-order chi connectivity index (χ0) is 16.8. The molecular formula is C17H18BrN3O2. The lowest BCUT2D eigenvalue weighted by atomic mass is 10.2. The Hall–Kier alpha value is -2.34. The van der Waals surface area contributed by atoms with E-state index in [0.717, 1.165) is 15.7 Å². The SMILES string of the molecule is COc1ccc(Br)cc1/C=N\NC(=O)c1ccc(N(C)C)cc1. The zero-order valence-corrected chi connectivity index (χ0v) is 14.8. The van der Waals surface area contributed by atoms with E-state index in [9.17, 15) is 4.79 Å². The maximum absolute atomic E-state index is 12.1. The van der Waals surface area contributed by atoms with Gasteiger partial charge < -0.3 is 9.64 Å². The minimum Gasteiger partial charge on any atom is -0.496 e. The van der Waals surface area contributed by atoms with Crippen molar-refractivity contribution in [3.05, 3.63) is 58.1 Å². The number of anilines is 1. The van der Waals surface area contributed by atoms with Crippen LogP contribution in [0.15, 0.2) is 52.0 Å². The summed E-state index contributed by atoms with van der Waals surface area (Å²) in [6.45, 7) is 0. The number of nitrogens with one attached hydrogen (secondary N) is 1. The smallest absolute Gasteiger partial charge is 0.271 e. The summed E-state index contributed by atoms with van der Waals surface area (Å²) in [5.41, 5.74) is 4.86. The van der Waals surface area contributed by atoms with Crippen molar-refractivity contribution in [2.45, 2.75) is 0 Å². The van der Waals surface area contributed by atoms with Crippen LogP contribution < -0.4 is 15.1 Å². The van der Waals surface area contributed by atoms with E-state index in [1.165, 1.54) is 0 Å². The largest absolute Gasteiger partial charge is 0.496 e. The van der Waals surface area contributed by atoms with E-state index in [-0.39, 0.29) is 5.91 Å². The molecule has 0 aliphatic rings. The summed E-state index contributed by atoms with van der Waals surface area (Å²) in [4.78, 5) is 14.0. The van der Waals surface area contributed by atoms with Crippen molar-refractivity contribution in [3.63, 3.8) is 0 Å². The van der Waals surface area contributed by atoms with Crippen LogP contribution >= 0.6 is 15.9 Å². The third kappa shape index (κ3) is 4.56. The molecule has 0 saturated heterocycles. The van der Waals surface area contributed by atoms with Crippen LogP contribution in [0.25, 0.3) is 0 Å². The number of nitrogens with zero attached hydrogens (tertiary/aromatic N) is 2. The second-order valence-electron chi connectivity index (χ2n) is 5.03. The third-order valence-electron chi connectivity index (χ3n) is 3.21. The van der Waals surface area contributed by atoms with Gasteiger partial charge in [0.15, 0.2) is 0 Å². The van der Waals surface area contributed by atoms with Gasteiger partial charge in [-0.05, 0) is 42.5 Å². The predicted molar refractivity (Wildman–Crippen MR) is 96.5 cm³/mol. The van der Waals surface area contributed by atoms with Crippen molar-refractivity contribution in [3.8, 4) is 5.75 Å². The Morgan fingerprint density at radius 1 is 1.22 bits per heavy atom. The van der Waals surface area contributed by atoms with Gasteiger partial charge in [-0.3, -0.25) is 4.79 Å². The first-order valence-electron chi connectivity index (χ1n) is 6.95. The lowest BCUT2D eigenvalue weighted by Crippen LogP contribution is -2.18. The van der Waals surface area contributed by atoms with Crippen molar-refractivity contribution in [1.82, 2.24) is 5.43 Å². The van der Waals surface area contributed by atoms with Gasteiger partial charge in [-0.15, -0.1) is 0 Å². The molecule has 1 N–H and O–H groups in total. The molecule has 0 saturated carbocycles. The highest BCUT2D eigenvalue weighted by molar-refractivity contribution is 9.10. The molecule has 0 radical (unpaired) electrons. The first-order valence-corrected chi connectivity index (χ1v) is 7.75. The maximum atomic E-state index is 12.1. The van der Waals surface area contributed by atoms with E-state index in [1.807, 2.05) is 49.3 Å². The summed E-state index contributed by atoms with van der Waals surface area (Å²) in [5, 5.41) is 3.99. The summed E-state index contributed by atoms with van der Waals surface area (Å²) in [5.74, 6) is 0.419. The van der Waals surface area contributed by atoms with Gasteiger partial charge in [0, 0.05) is 35.4 Å². The van der Waals surface area contributed by atoms with E-state index >= 15 is 0 Å². The van der Waals surface area contributed by atoms with Gasteiger partial charge in [0.2, 0.25) is 0 Å². The molecule has 2 aromatic rings. The average Bonchev–Trinajstić information content (AvgIpc) is 2.55. The van der Waals surface area contributed by atoms with E-state index in [2.05, 4.69) is 26.5 Å². The number of rotatable bonds is 5. The van der Waals surface area contributed by atoms with Crippen LogP contribution in [0.1, 0.15) is 15.9 Å². The topological polar surface area (TPSA) is 53.9 Å². The number of carbonyl (C=O) groups excluding carboxylic acids is 1. The Morgan fingerprint density at radius 2 is 1.91 bits per heavy atom. The lowest BCUT2D eigenvalue weighted by molar-refractivity contribution is 0.0955. The maximum Gasteiger partial charge on any atom is 0.271 e. The standard InChI is InChI=1S/C17H18BrN3O2/c1-21(2)15-7-4-12(5-8-15)17(22)20-19-11-13-10-14(18)6-9-16(13)23-3/h4-11H,1-3H3,(H,20,22)/b19-11-. The molecule has 23 heavy (non-hydrogen) atoms. The molecule has 0 aliphatic heterocycles. The van der Waals surface area contributed by atoms with Crippen LogP contribution in [-0.2, 0) is 0 Å². The zero-order valence-electron chi connectivity index (χ0n) is 13.2. The predicted octanol–water partition coefficient (Wildman–Crippen LogP) is 3.29. The van der Waals surface area contributed by atoms with Crippen LogP contribution in [0.5, 0.6) is 5.75 Å². The lowest BCUT2D eigenvalue weighted by Gasteiger charge is -2.12. The van der Waals surface area contributed by atoms with Crippen LogP contribution in [-0.4, -0.2) is 33.3 Å². The quantitative estimate of drug-likeness (QED) is 0.644. The second kappa shape index (κ2) is 7.78. The summed E-state index contributed by atoms with van der Waals surface area (Å²) >= 11 is 3.39. The molecule has 2 rings (SSSR count). The molecule has 0 heterocycles. The molecule has 1 amide bonds. The van der Waals surface area contributed by atoms with Crippen molar-refractivity contribution in [2.24, 2.45) is 5.10 Å². The van der Waals surface area contributed by atoms with Gasteiger partial charge in [-0.1, -0.05) is 15.9 Å². The van der Waals surface area contributed by atoms with Gasteiger partial charge in [0.05, 0.1) is 13.3 Å². The first kappa shape index (κ1) is 17.0. The summed E-state index contributed by atoms with van der Waals surface area (Å²) < 4.78 is 6.16. The molecule has 0 spiro atoms. The van der Waals surface area contributed by atoms with Crippen LogP contribution in [0.3, 0.4) is 0 Å². The Labute approximate surface area is 144 Å². The number of hydrogen-bond donors (Lipinski definition) is 1. The number of ether oxygens (including phenoxy) is 1. The molecule has 5 nitrogen and oxygen atoms in total. The molecule has 0 aromatic heterocycles. The second-order valence-corrected chi connectivity index (χ2v) is 5.94. The first-order chi connectivity index (χ1) is 11.0. The van der Waals surface area contributed by atoms with Crippen molar-refractivity contribution < 1.29 is 9.53 Å². The van der Waals surface area contributed by atoms with E-state index in [4.69, 9.17) is 4.74 Å². The minimum absolute atomic E-state index is 0.263. The minimum atomic E-state index is -0.263. The van der Waals surface area contributed by atoms with Crippen LogP contribution in [0.2, 0.25) is 0 Å². The number of carbonyl (C=O) groups is 1. The molecule has 0 aliphatic carbocycles. The van der Waals surface area contributed by atoms with Gasteiger partial charge in [0.25, 0.3) is 5.91 Å². The van der Waals surface area contributed by atoms with E-state index in [1.54, 1.807) is 25.5 Å². The van der Waals surface area contributed by atoms with Gasteiger partial charge in [-0.25, -0.2) is 5.43 Å². The van der Waals surface area contributed by atoms with Gasteiger partial charge in [0.1, 0.15) is 5.75 Å². The number of amides is 1. The summed E-state index contributed by atoms with van der Waals surface area (Å²) in [7, 11) is 5.49. The molecular weight excluding hydrogens is 358 g/mol. The van der Waals surface area contributed by atoms with Crippen molar-refractivity contribution in [2.75, 3.05) is 26.1 Å². The summed E-state index contributed by atoms with van der Waals surface area (Å²) in [6.07, 6.45) is 1.55. The Morgan fingerprint density at radius 3 is 2.52 bits per heavy atom. The fraction of sp³-hybridized carbons (Fsp3) is 0.176. The highest BCUT2D eigenvalue weighted by atomic mass is 79.9. The molecule has 6 heteroatoms. The number of halogens is 1. The highest BCUT2D eigenvalue weighted by Crippen LogP contribution is 2.21. The van der Waals surface area contributed by atoms with E-state index < -0.39 is 0 Å². The molecule has 120 valence electrons. The fourth-order valence-electron chi connectivity index (χ4n) is 1.94. The third-order valence-corrected chi connectivity index (χ3v) is 3.70. The van der Waals surface area contributed by atoms with Crippen LogP contribution in [0.4, 0.5) is 5.69 Å². The number of hydrogen-bond acceptors (Lipinski definition) is 4. The number of methoxy groups -OCH3 is 1. The van der Waals surface area contributed by atoms with Crippen molar-refractivity contribution >= 4 is 33.7 Å². The Balaban J connectivity index is 2.05. The molecule has 0 atom stereocenters. The van der Waals surface area contributed by atoms with Crippen molar-refractivity contribution in [1.29, 1.82) is 0 Å². The fourth-order valence-corrected chi connectivity index (χ4v) is 2.32. The number of hydrazone groups is 1. The van der Waals surface area contributed by atoms with Crippen LogP contribution in [0, 0.1) is 0 Å². The average molecular weight is 376 g/mol. The Bertz CT molecular complexity index is 712. The normalized spacial score (nSPS) is 10.6. The monoisotopic (exact) mass is 375 g/mol. The molecule has 2 aromatic carbocycles. The molecule has 0 unspecified atom stereocenters. The van der Waals surface area contributed by atoms with Gasteiger partial charge >= 0.3 is 0 Å².